The Morgan fingerprint density at radius 3 is 2.24 bits per heavy atom. The van der Waals surface area contributed by atoms with Crippen molar-refractivity contribution in [1.29, 1.82) is 0 Å². The number of nitrogens with zero attached hydrogens (tertiary/aromatic N) is 1. The summed E-state index contributed by atoms with van der Waals surface area (Å²) in [7, 11) is 0. The van der Waals surface area contributed by atoms with E-state index in [9.17, 15) is 14.4 Å². The van der Waals surface area contributed by atoms with E-state index in [1.807, 2.05) is 13.8 Å². The normalized spacial score (nSPS) is 15.2. The summed E-state index contributed by atoms with van der Waals surface area (Å²) in [5.41, 5.74) is 0.910. The van der Waals surface area contributed by atoms with E-state index in [1.165, 1.54) is 0 Å². The van der Waals surface area contributed by atoms with Crippen molar-refractivity contribution in [3.63, 3.8) is 0 Å². The number of likely N-dealkylation sites (tertiary alicyclic amines) is 1. The average Bonchev–Trinajstić information content (AvgIpc) is 2.81. The molecule has 1 fully saturated rings. The Labute approximate surface area is 204 Å². The fourth-order valence-electron chi connectivity index (χ4n) is 3.89. The summed E-state index contributed by atoms with van der Waals surface area (Å²) in [5.74, 6) is -0.479. The predicted octanol–water partition coefficient (Wildman–Crippen LogP) is 4.42. The van der Waals surface area contributed by atoms with Crippen LogP contribution in [0.2, 0.25) is 10.0 Å². The zero-order valence-corrected chi connectivity index (χ0v) is 20.3. The van der Waals surface area contributed by atoms with Crippen molar-refractivity contribution in [3.05, 3.63) is 69.7 Å². The van der Waals surface area contributed by atoms with Gasteiger partial charge in [0.05, 0.1) is 10.6 Å². The molecule has 0 saturated carbocycles. The summed E-state index contributed by atoms with van der Waals surface area (Å²) < 4.78 is 0. The smallest absolute Gasteiger partial charge is 0.253 e. The zero-order valence-electron chi connectivity index (χ0n) is 18.8. The van der Waals surface area contributed by atoms with E-state index in [-0.39, 0.29) is 29.6 Å². The number of piperidine rings is 1. The number of hydrogen-bond donors (Lipinski definition) is 2. The van der Waals surface area contributed by atoms with Crippen molar-refractivity contribution in [2.24, 2.45) is 11.8 Å². The lowest BCUT2D eigenvalue weighted by Crippen LogP contribution is -2.54. The first kappa shape index (κ1) is 25.1. The van der Waals surface area contributed by atoms with Gasteiger partial charge in [-0.15, -0.1) is 0 Å². The van der Waals surface area contributed by atoms with Gasteiger partial charge < -0.3 is 15.5 Å². The molecule has 0 radical (unpaired) electrons. The molecule has 1 heterocycles. The van der Waals surface area contributed by atoms with E-state index in [0.717, 1.165) is 0 Å². The average molecular weight is 490 g/mol. The molecule has 0 spiro atoms. The molecule has 0 aromatic heterocycles. The third-order valence-corrected chi connectivity index (χ3v) is 6.34. The highest BCUT2D eigenvalue weighted by molar-refractivity contribution is 6.33. The van der Waals surface area contributed by atoms with Gasteiger partial charge in [-0.05, 0) is 61.1 Å². The van der Waals surface area contributed by atoms with Gasteiger partial charge in [-0.2, -0.15) is 0 Å². The van der Waals surface area contributed by atoms with Gasteiger partial charge in [0.25, 0.3) is 11.8 Å². The number of amides is 3. The Morgan fingerprint density at radius 2 is 1.64 bits per heavy atom. The second-order valence-corrected chi connectivity index (χ2v) is 9.55. The molecular weight excluding hydrogens is 461 g/mol. The van der Waals surface area contributed by atoms with Crippen molar-refractivity contribution < 1.29 is 14.4 Å². The fourth-order valence-corrected chi connectivity index (χ4v) is 4.23. The van der Waals surface area contributed by atoms with E-state index in [1.54, 1.807) is 53.4 Å². The molecule has 0 aliphatic carbocycles. The number of benzene rings is 2. The molecule has 1 unspecified atom stereocenters. The van der Waals surface area contributed by atoms with E-state index < -0.39 is 6.04 Å². The second kappa shape index (κ2) is 11.5. The van der Waals surface area contributed by atoms with Gasteiger partial charge in [0.15, 0.2) is 0 Å². The minimum absolute atomic E-state index is 0.0639. The maximum Gasteiger partial charge on any atom is 0.253 e. The van der Waals surface area contributed by atoms with E-state index in [2.05, 4.69) is 10.6 Å². The molecule has 8 heteroatoms. The van der Waals surface area contributed by atoms with Crippen LogP contribution < -0.4 is 10.6 Å². The van der Waals surface area contributed by atoms with Crippen LogP contribution in [-0.2, 0) is 4.79 Å². The number of carbonyl (C=O) groups excluding carboxylic acids is 3. The van der Waals surface area contributed by atoms with Crippen LogP contribution in [0.25, 0.3) is 0 Å². The summed E-state index contributed by atoms with van der Waals surface area (Å²) in [4.78, 5) is 40.5. The molecule has 3 amide bonds. The lowest BCUT2D eigenvalue weighted by molar-refractivity contribution is -0.124. The molecule has 2 aromatic carbocycles. The Morgan fingerprint density at radius 1 is 1.00 bits per heavy atom. The summed E-state index contributed by atoms with van der Waals surface area (Å²) in [6.45, 7) is 5.55. The van der Waals surface area contributed by atoms with E-state index in [0.29, 0.717) is 53.6 Å². The molecule has 1 aliphatic rings. The van der Waals surface area contributed by atoms with Crippen molar-refractivity contribution in [1.82, 2.24) is 15.5 Å². The van der Waals surface area contributed by atoms with Crippen molar-refractivity contribution >= 4 is 40.9 Å². The van der Waals surface area contributed by atoms with Gasteiger partial charge in [-0.1, -0.05) is 49.2 Å². The zero-order chi connectivity index (χ0) is 24.0. The molecule has 3 rings (SSSR count). The Balaban J connectivity index is 1.69. The van der Waals surface area contributed by atoms with Gasteiger partial charge in [0.1, 0.15) is 6.04 Å². The van der Waals surface area contributed by atoms with Crippen LogP contribution >= 0.6 is 23.2 Å². The van der Waals surface area contributed by atoms with Gasteiger partial charge in [0, 0.05) is 30.2 Å². The molecule has 1 aliphatic heterocycles. The van der Waals surface area contributed by atoms with Crippen LogP contribution in [-0.4, -0.2) is 48.3 Å². The van der Waals surface area contributed by atoms with Crippen LogP contribution in [0.3, 0.4) is 0 Å². The maximum atomic E-state index is 13.0. The lowest BCUT2D eigenvalue weighted by atomic mass is 9.88. The van der Waals surface area contributed by atoms with Gasteiger partial charge in [0.2, 0.25) is 5.91 Å². The third kappa shape index (κ3) is 6.71. The summed E-state index contributed by atoms with van der Waals surface area (Å²) in [5, 5.41) is 6.74. The van der Waals surface area contributed by atoms with E-state index >= 15 is 0 Å². The Hall–Kier alpha value is -2.57. The summed E-state index contributed by atoms with van der Waals surface area (Å²) in [6, 6.07) is 12.9. The van der Waals surface area contributed by atoms with Gasteiger partial charge in [-0.3, -0.25) is 14.4 Å². The fraction of sp³-hybridized carbons (Fsp3) is 0.400. The van der Waals surface area contributed by atoms with Gasteiger partial charge in [-0.25, -0.2) is 0 Å². The number of rotatable bonds is 7. The minimum Gasteiger partial charge on any atom is -0.354 e. The largest absolute Gasteiger partial charge is 0.354 e. The predicted molar refractivity (Wildman–Crippen MR) is 131 cm³/mol. The van der Waals surface area contributed by atoms with Gasteiger partial charge >= 0.3 is 0 Å². The number of nitrogens with one attached hydrogen (secondary N) is 2. The summed E-state index contributed by atoms with van der Waals surface area (Å²) in [6.07, 6.45) is 1.20. The first-order chi connectivity index (χ1) is 15.8. The maximum absolute atomic E-state index is 13.0. The van der Waals surface area contributed by atoms with Crippen LogP contribution in [0.4, 0.5) is 0 Å². The highest BCUT2D eigenvalue weighted by Gasteiger charge is 2.34. The van der Waals surface area contributed by atoms with Crippen LogP contribution in [0.15, 0.2) is 48.5 Å². The quantitative estimate of drug-likeness (QED) is 0.604. The molecule has 33 heavy (non-hydrogen) atoms. The van der Waals surface area contributed by atoms with Crippen LogP contribution in [0, 0.1) is 11.8 Å². The topological polar surface area (TPSA) is 78.5 Å². The monoisotopic (exact) mass is 489 g/mol. The highest BCUT2D eigenvalue weighted by Crippen LogP contribution is 2.24. The van der Waals surface area contributed by atoms with Crippen LogP contribution in [0.1, 0.15) is 47.4 Å². The Kier molecular flexibility index (Phi) is 8.75. The minimum atomic E-state index is -0.708. The molecular formula is C25H29Cl2N3O3. The third-order valence-electron chi connectivity index (χ3n) is 5.76. The molecule has 2 aromatic rings. The molecule has 176 valence electrons. The number of carbonyl (C=O) groups is 3. The molecule has 1 atom stereocenters. The second-order valence-electron chi connectivity index (χ2n) is 8.71. The van der Waals surface area contributed by atoms with Crippen LogP contribution in [0.5, 0.6) is 0 Å². The standard InChI is InChI=1S/C25H29Cl2N3O3/c1-16(2)15-28-24(32)22(29-23(31)20-5-3-4-6-21(20)27)17-11-13-30(14-12-17)25(33)18-7-9-19(26)10-8-18/h3-10,16-17,22H,11-15H2,1-2H3,(H,28,32)(H,29,31). The summed E-state index contributed by atoms with van der Waals surface area (Å²) >= 11 is 12.1. The SMILES string of the molecule is CC(C)CNC(=O)C(NC(=O)c1ccccc1Cl)C1CCN(C(=O)c2ccc(Cl)cc2)CC1. The number of halogens is 2. The van der Waals surface area contributed by atoms with Crippen molar-refractivity contribution in [3.8, 4) is 0 Å². The Bertz CT molecular complexity index is 987. The van der Waals surface area contributed by atoms with E-state index in [4.69, 9.17) is 23.2 Å². The lowest BCUT2D eigenvalue weighted by Gasteiger charge is -2.36. The number of hydrogen-bond acceptors (Lipinski definition) is 3. The molecule has 0 bridgehead atoms. The molecule has 1 saturated heterocycles. The molecule has 6 nitrogen and oxygen atoms in total. The molecule has 2 N–H and O–H groups in total. The first-order valence-corrected chi connectivity index (χ1v) is 11.9. The van der Waals surface area contributed by atoms with Crippen molar-refractivity contribution in [2.45, 2.75) is 32.7 Å². The van der Waals surface area contributed by atoms with Crippen molar-refractivity contribution in [2.75, 3.05) is 19.6 Å². The highest BCUT2D eigenvalue weighted by atomic mass is 35.5. The first-order valence-electron chi connectivity index (χ1n) is 11.1.